The summed E-state index contributed by atoms with van der Waals surface area (Å²) in [4.78, 5) is 62.8. The van der Waals surface area contributed by atoms with Crippen molar-refractivity contribution in [3.05, 3.63) is 70.8 Å². The lowest BCUT2D eigenvalue weighted by Gasteiger charge is -2.20. The van der Waals surface area contributed by atoms with E-state index in [2.05, 4.69) is 5.32 Å². The number of fused-ring (bicyclic) bond motifs is 1. The molecule has 0 atom stereocenters. The van der Waals surface area contributed by atoms with Gasteiger partial charge >= 0.3 is 5.97 Å². The minimum Gasteiger partial charge on any atom is -0.452 e. The van der Waals surface area contributed by atoms with Crippen molar-refractivity contribution in [1.82, 2.24) is 10.2 Å². The van der Waals surface area contributed by atoms with Crippen LogP contribution in [0.5, 0.6) is 0 Å². The lowest BCUT2D eigenvalue weighted by molar-refractivity contribution is -0.135. The monoisotopic (exact) mass is 448 g/mol. The molecule has 170 valence electrons. The number of carbonyl (C=O) groups is 5. The van der Waals surface area contributed by atoms with Crippen molar-refractivity contribution in [1.29, 1.82) is 0 Å². The molecular formula is C25H24N2O6. The number of hydrogen-bond donors (Lipinski definition) is 1. The molecule has 1 N–H and O–H groups in total. The molecule has 2 aromatic rings. The van der Waals surface area contributed by atoms with E-state index in [1.165, 1.54) is 12.1 Å². The molecule has 4 amide bonds. The summed E-state index contributed by atoms with van der Waals surface area (Å²) >= 11 is 0. The zero-order chi connectivity index (χ0) is 23.4. The fraction of sp³-hybridized carbons (Fsp3) is 0.320. The van der Waals surface area contributed by atoms with Crippen molar-refractivity contribution in [2.24, 2.45) is 5.92 Å². The minimum absolute atomic E-state index is 0.00381. The van der Waals surface area contributed by atoms with E-state index < -0.39 is 18.5 Å². The molecule has 0 saturated heterocycles. The molecule has 1 aliphatic carbocycles. The Morgan fingerprint density at radius 1 is 0.909 bits per heavy atom. The van der Waals surface area contributed by atoms with Gasteiger partial charge in [0.25, 0.3) is 17.7 Å². The number of hydrogen-bond acceptors (Lipinski definition) is 6. The number of rotatable bonds is 6. The van der Waals surface area contributed by atoms with Gasteiger partial charge in [-0.05, 0) is 42.7 Å². The molecule has 0 spiro atoms. The molecule has 0 radical (unpaired) electrons. The number of benzene rings is 2. The number of esters is 1. The van der Waals surface area contributed by atoms with E-state index >= 15 is 0 Å². The van der Waals surface area contributed by atoms with E-state index in [0.717, 1.165) is 37.0 Å². The first-order valence-corrected chi connectivity index (χ1v) is 11.0. The van der Waals surface area contributed by atoms with Crippen LogP contribution in [0, 0.1) is 5.92 Å². The zero-order valence-electron chi connectivity index (χ0n) is 18.0. The fourth-order valence-corrected chi connectivity index (χ4v) is 4.22. The second-order valence-electron chi connectivity index (χ2n) is 8.27. The van der Waals surface area contributed by atoms with E-state index in [0.29, 0.717) is 16.7 Å². The van der Waals surface area contributed by atoms with Gasteiger partial charge in [0, 0.05) is 5.92 Å². The van der Waals surface area contributed by atoms with Gasteiger partial charge in [0.05, 0.1) is 23.2 Å². The van der Waals surface area contributed by atoms with Crippen LogP contribution in [-0.2, 0) is 20.9 Å². The Bertz CT molecular complexity index is 1080. The number of carbonyl (C=O) groups excluding carboxylic acids is 5. The highest BCUT2D eigenvalue weighted by molar-refractivity contribution is 6.21. The highest BCUT2D eigenvalue weighted by atomic mass is 16.5. The molecule has 2 aromatic carbocycles. The molecule has 33 heavy (non-hydrogen) atoms. The SMILES string of the molecule is O=C(COC(=O)c1cccc(CN2C(=O)c3ccccc3C2=O)c1)NC(=O)C1CCCCC1. The van der Waals surface area contributed by atoms with Crippen molar-refractivity contribution in [3.8, 4) is 0 Å². The Balaban J connectivity index is 1.32. The molecule has 1 saturated carbocycles. The van der Waals surface area contributed by atoms with E-state index in [1.807, 2.05) is 0 Å². The predicted octanol–water partition coefficient (Wildman–Crippen LogP) is 2.86. The Morgan fingerprint density at radius 3 is 2.24 bits per heavy atom. The maximum absolute atomic E-state index is 12.6. The largest absolute Gasteiger partial charge is 0.452 e. The van der Waals surface area contributed by atoms with Crippen LogP contribution in [0.3, 0.4) is 0 Å². The summed E-state index contributed by atoms with van der Waals surface area (Å²) < 4.78 is 5.05. The first kappa shape index (κ1) is 22.4. The van der Waals surface area contributed by atoms with Crippen LogP contribution < -0.4 is 5.32 Å². The van der Waals surface area contributed by atoms with Crippen LogP contribution in [0.25, 0.3) is 0 Å². The van der Waals surface area contributed by atoms with Crippen molar-refractivity contribution in [2.45, 2.75) is 38.6 Å². The topological polar surface area (TPSA) is 110 Å². The van der Waals surface area contributed by atoms with Gasteiger partial charge in [-0.3, -0.25) is 29.4 Å². The van der Waals surface area contributed by atoms with E-state index in [4.69, 9.17) is 4.74 Å². The standard InChI is InChI=1S/C25H24N2O6/c28-21(26-22(29)17-8-2-1-3-9-17)15-33-25(32)18-10-6-7-16(13-18)14-27-23(30)19-11-4-5-12-20(19)24(27)31/h4-7,10-13,17H,1-3,8-9,14-15H2,(H,26,28,29). The van der Waals surface area contributed by atoms with Crippen LogP contribution in [0.15, 0.2) is 48.5 Å². The third-order valence-electron chi connectivity index (χ3n) is 5.95. The molecule has 1 fully saturated rings. The van der Waals surface area contributed by atoms with Gasteiger partial charge in [0.1, 0.15) is 0 Å². The first-order chi connectivity index (χ1) is 15.9. The first-order valence-electron chi connectivity index (χ1n) is 11.0. The number of amides is 4. The average molecular weight is 448 g/mol. The zero-order valence-corrected chi connectivity index (χ0v) is 18.0. The summed E-state index contributed by atoms with van der Waals surface area (Å²) in [6.45, 7) is -0.566. The molecule has 0 unspecified atom stereocenters. The number of nitrogens with one attached hydrogen (secondary N) is 1. The lowest BCUT2D eigenvalue weighted by Crippen LogP contribution is -2.38. The van der Waals surface area contributed by atoms with Gasteiger partial charge in [-0.2, -0.15) is 0 Å². The van der Waals surface area contributed by atoms with Gasteiger partial charge < -0.3 is 4.74 Å². The van der Waals surface area contributed by atoms with E-state index in [1.54, 1.807) is 36.4 Å². The van der Waals surface area contributed by atoms with Crippen LogP contribution in [0.4, 0.5) is 0 Å². The second-order valence-corrected chi connectivity index (χ2v) is 8.27. The molecule has 1 aliphatic heterocycles. The molecule has 1 heterocycles. The van der Waals surface area contributed by atoms with Gasteiger partial charge in [-0.25, -0.2) is 4.79 Å². The van der Waals surface area contributed by atoms with Gasteiger partial charge in [-0.15, -0.1) is 0 Å². The quantitative estimate of drug-likeness (QED) is 0.538. The molecular weight excluding hydrogens is 424 g/mol. The van der Waals surface area contributed by atoms with E-state index in [9.17, 15) is 24.0 Å². The maximum atomic E-state index is 12.6. The Kier molecular flexibility index (Phi) is 6.63. The normalized spacial score (nSPS) is 15.8. The van der Waals surface area contributed by atoms with Crippen molar-refractivity contribution < 1.29 is 28.7 Å². The van der Waals surface area contributed by atoms with Crippen molar-refractivity contribution in [2.75, 3.05) is 6.61 Å². The van der Waals surface area contributed by atoms with Crippen LogP contribution in [0.1, 0.15) is 68.7 Å². The molecule has 0 aromatic heterocycles. The number of nitrogens with zero attached hydrogens (tertiary/aromatic N) is 1. The molecule has 4 rings (SSSR count). The van der Waals surface area contributed by atoms with Crippen molar-refractivity contribution >= 4 is 29.6 Å². The summed E-state index contributed by atoms with van der Waals surface area (Å²) in [5.41, 5.74) is 1.45. The molecule has 8 heteroatoms. The summed E-state index contributed by atoms with van der Waals surface area (Å²) in [6.07, 6.45) is 4.57. The minimum atomic E-state index is -0.737. The van der Waals surface area contributed by atoms with E-state index in [-0.39, 0.29) is 35.7 Å². The van der Waals surface area contributed by atoms with Crippen molar-refractivity contribution in [3.63, 3.8) is 0 Å². The Labute approximate surface area is 190 Å². The number of ether oxygens (including phenoxy) is 1. The smallest absolute Gasteiger partial charge is 0.338 e. The fourth-order valence-electron chi connectivity index (χ4n) is 4.22. The summed E-state index contributed by atoms with van der Waals surface area (Å²) in [5, 5.41) is 2.30. The lowest BCUT2D eigenvalue weighted by atomic mass is 9.89. The third kappa shape index (κ3) is 5.00. The molecule has 0 bridgehead atoms. The molecule has 8 nitrogen and oxygen atoms in total. The Hall–Kier alpha value is -3.81. The summed E-state index contributed by atoms with van der Waals surface area (Å²) in [7, 11) is 0. The Morgan fingerprint density at radius 2 is 1.58 bits per heavy atom. The van der Waals surface area contributed by atoms with Crippen LogP contribution >= 0.6 is 0 Å². The second kappa shape index (κ2) is 9.77. The number of imide groups is 2. The van der Waals surface area contributed by atoms with Crippen LogP contribution in [-0.4, -0.2) is 41.1 Å². The highest BCUT2D eigenvalue weighted by Gasteiger charge is 2.35. The maximum Gasteiger partial charge on any atom is 0.338 e. The average Bonchev–Trinajstić information content (AvgIpc) is 3.08. The highest BCUT2D eigenvalue weighted by Crippen LogP contribution is 2.25. The van der Waals surface area contributed by atoms with Crippen LogP contribution in [0.2, 0.25) is 0 Å². The van der Waals surface area contributed by atoms with Gasteiger partial charge in [0.15, 0.2) is 6.61 Å². The van der Waals surface area contributed by atoms with Gasteiger partial charge in [0.2, 0.25) is 5.91 Å². The third-order valence-corrected chi connectivity index (χ3v) is 5.95. The predicted molar refractivity (Wildman–Crippen MR) is 117 cm³/mol. The van der Waals surface area contributed by atoms with Gasteiger partial charge in [-0.1, -0.05) is 43.5 Å². The summed E-state index contributed by atoms with van der Waals surface area (Å²) in [5.74, 6) is -2.66. The summed E-state index contributed by atoms with van der Waals surface area (Å²) in [6, 6.07) is 12.9. The molecule has 2 aliphatic rings.